The number of aryl methyl sites for hydroxylation is 1. The van der Waals surface area contributed by atoms with E-state index >= 15 is 0 Å². The van der Waals surface area contributed by atoms with E-state index in [1.807, 2.05) is 37.4 Å². The number of nitrogens with two attached hydrogens (primary N) is 1. The number of anilines is 1. The van der Waals surface area contributed by atoms with Crippen LogP contribution < -0.4 is 11.1 Å². The minimum absolute atomic E-state index is 0.384. The maximum atomic E-state index is 5.74. The van der Waals surface area contributed by atoms with Gasteiger partial charge in [-0.15, -0.1) is 0 Å². The first-order valence-corrected chi connectivity index (χ1v) is 7.01. The fraction of sp³-hybridized carbons (Fsp3) is 0.143. The molecule has 0 unspecified atom stereocenters. The van der Waals surface area contributed by atoms with Gasteiger partial charge >= 0.3 is 0 Å². The average molecular weight is 336 g/mol. The maximum Gasteiger partial charge on any atom is 0.106 e. The Bertz CT molecular complexity index is 613. The van der Waals surface area contributed by atoms with Crippen LogP contribution in [0, 0.1) is 6.92 Å². The van der Waals surface area contributed by atoms with Crippen LogP contribution in [0.5, 0.6) is 0 Å². The van der Waals surface area contributed by atoms with Crippen LogP contribution in [-0.4, -0.2) is 9.97 Å². The molecule has 3 N–H and O–H groups in total. The van der Waals surface area contributed by atoms with Gasteiger partial charge in [-0.3, -0.25) is 4.98 Å². The zero-order valence-corrected chi connectivity index (χ0v) is 12.9. The molecule has 0 atom stereocenters. The number of pyridine rings is 1. The third kappa shape index (κ3) is 3.52. The molecule has 3 nitrogen and oxygen atoms in total. The second-order valence-electron chi connectivity index (χ2n) is 4.21. The second-order valence-corrected chi connectivity index (χ2v) is 5.57. The van der Waals surface area contributed by atoms with Crippen molar-refractivity contribution in [3.8, 4) is 0 Å². The lowest BCUT2D eigenvalue weighted by Crippen LogP contribution is -2.13. The lowest BCUT2D eigenvalue weighted by Gasteiger charge is -2.12. The zero-order chi connectivity index (χ0) is 13.8. The Morgan fingerprint density at radius 1 is 1.42 bits per heavy atom. The molecule has 1 aromatic heterocycles. The minimum atomic E-state index is 0.384. The smallest absolute Gasteiger partial charge is 0.106 e. The predicted octanol–water partition coefficient (Wildman–Crippen LogP) is 3.40. The van der Waals surface area contributed by atoms with Crippen LogP contribution in [0.15, 0.2) is 41.1 Å². The molecule has 5 heteroatoms. The van der Waals surface area contributed by atoms with Crippen LogP contribution in [0.1, 0.15) is 16.7 Å². The zero-order valence-electron chi connectivity index (χ0n) is 10.5. The van der Waals surface area contributed by atoms with Crippen LogP contribution >= 0.6 is 28.1 Å². The van der Waals surface area contributed by atoms with E-state index in [9.17, 15) is 0 Å². The van der Waals surface area contributed by atoms with Crippen molar-refractivity contribution >= 4 is 38.8 Å². The Kier molecular flexibility index (Phi) is 4.50. The van der Waals surface area contributed by atoms with Crippen molar-refractivity contribution in [2.45, 2.75) is 13.5 Å². The Morgan fingerprint density at radius 2 is 2.21 bits per heavy atom. The molecule has 0 saturated carbocycles. The van der Waals surface area contributed by atoms with Gasteiger partial charge in [-0.2, -0.15) is 0 Å². The maximum absolute atomic E-state index is 5.74. The summed E-state index contributed by atoms with van der Waals surface area (Å²) in [6.45, 7) is 2.76. The highest BCUT2D eigenvalue weighted by molar-refractivity contribution is 9.10. The monoisotopic (exact) mass is 335 g/mol. The number of nitrogens with zero attached hydrogens (tertiary/aromatic N) is 1. The van der Waals surface area contributed by atoms with Crippen LogP contribution in [0.25, 0.3) is 0 Å². The van der Waals surface area contributed by atoms with Gasteiger partial charge in [-0.1, -0.05) is 28.1 Å². The van der Waals surface area contributed by atoms with Gasteiger partial charge < -0.3 is 11.1 Å². The Morgan fingerprint density at radius 3 is 2.89 bits per heavy atom. The lowest BCUT2D eigenvalue weighted by atomic mass is 10.1. The van der Waals surface area contributed by atoms with E-state index in [0.717, 1.165) is 21.3 Å². The largest absolute Gasteiger partial charge is 0.389 e. The van der Waals surface area contributed by atoms with Gasteiger partial charge in [-0.05, 0) is 42.3 Å². The van der Waals surface area contributed by atoms with E-state index in [-0.39, 0.29) is 0 Å². The van der Waals surface area contributed by atoms with Crippen LogP contribution in [0.4, 0.5) is 5.69 Å². The summed E-state index contributed by atoms with van der Waals surface area (Å²) >= 11 is 8.49. The number of benzene rings is 1. The highest BCUT2D eigenvalue weighted by Crippen LogP contribution is 2.22. The van der Waals surface area contributed by atoms with Crippen LogP contribution in [-0.2, 0) is 6.54 Å². The van der Waals surface area contributed by atoms with Crippen molar-refractivity contribution in [2.75, 3.05) is 5.32 Å². The van der Waals surface area contributed by atoms with Crippen molar-refractivity contribution < 1.29 is 0 Å². The first-order chi connectivity index (χ1) is 9.08. The summed E-state index contributed by atoms with van der Waals surface area (Å²) < 4.78 is 0.959. The van der Waals surface area contributed by atoms with Crippen molar-refractivity contribution in [2.24, 2.45) is 5.73 Å². The van der Waals surface area contributed by atoms with Gasteiger partial charge in [-0.25, -0.2) is 0 Å². The second kappa shape index (κ2) is 6.12. The van der Waals surface area contributed by atoms with Crippen molar-refractivity contribution in [3.63, 3.8) is 0 Å². The molecule has 1 aromatic carbocycles. The quantitative estimate of drug-likeness (QED) is 0.841. The van der Waals surface area contributed by atoms with E-state index in [2.05, 4.69) is 26.2 Å². The molecule has 0 aliphatic carbocycles. The number of aromatic nitrogens is 1. The highest BCUT2D eigenvalue weighted by atomic mass is 79.9. The summed E-state index contributed by atoms with van der Waals surface area (Å²) in [5.41, 5.74) is 9.88. The summed E-state index contributed by atoms with van der Waals surface area (Å²) in [7, 11) is 0. The van der Waals surface area contributed by atoms with E-state index in [0.29, 0.717) is 11.5 Å². The molecule has 0 aliphatic rings. The molecule has 98 valence electrons. The Hall–Kier alpha value is -1.46. The number of nitrogens with one attached hydrogen (secondary N) is 1. The molecule has 19 heavy (non-hydrogen) atoms. The molecule has 2 aromatic rings. The number of hydrogen-bond acceptors (Lipinski definition) is 3. The molecule has 0 radical (unpaired) electrons. The molecule has 0 spiro atoms. The van der Waals surface area contributed by atoms with E-state index in [1.165, 1.54) is 5.56 Å². The first kappa shape index (κ1) is 14.0. The molecular formula is C14H14BrN3S. The number of rotatable bonds is 4. The van der Waals surface area contributed by atoms with E-state index in [1.54, 1.807) is 6.20 Å². The summed E-state index contributed by atoms with van der Waals surface area (Å²) in [6.07, 6.45) is 3.65. The van der Waals surface area contributed by atoms with E-state index in [4.69, 9.17) is 18.0 Å². The molecule has 0 bridgehead atoms. The predicted molar refractivity (Wildman–Crippen MR) is 86.3 cm³/mol. The standard InChI is InChI=1S/C14H14BrN3S/c1-9-7-17-5-4-10(9)8-18-13-3-2-11(15)6-12(13)14(16)19/h2-7,18H,8H2,1H3,(H2,16,19). The van der Waals surface area contributed by atoms with Gasteiger partial charge in [0.05, 0.1) is 0 Å². The molecule has 0 aliphatic heterocycles. The molecule has 2 rings (SSSR count). The molecular weight excluding hydrogens is 322 g/mol. The van der Waals surface area contributed by atoms with Crippen molar-refractivity contribution in [1.29, 1.82) is 0 Å². The summed E-state index contributed by atoms with van der Waals surface area (Å²) in [6, 6.07) is 7.85. The van der Waals surface area contributed by atoms with Crippen molar-refractivity contribution in [3.05, 3.63) is 57.8 Å². The van der Waals surface area contributed by atoms with E-state index < -0.39 is 0 Å². The van der Waals surface area contributed by atoms with Crippen LogP contribution in [0.3, 0.4) is 0 Å². The summed E-state index contributed by atoms with van der Waals surface area (Å²) in [4.78, 5) is 4.47. The topological polar surface area (TPSA) is 50.9 Å². The minimum Gasteiger partial charge on any atom is -0.389 e. The Balaban J connectivity index is 2.20. The number of thiocarbonyl (C=S) groups is 1. The molecule has 0 saturated heterocycles. The normalized spacial score (nSPS) is 10.2. The third-order valence-electron chi connectivity index (χ3n) is 2.85. The van der Waals surface area contributed by atoms with Gasteiger partial charge in [0.2, 0.25) is 0 Å². The molecule has 1 heterocycles. The SMILES string of the molecule is Cc1cnccc1CNc1ccc(Br)cc1C(N)=S. The summed E-state index contributed by atoms with van der Waals surface area (Å²) in [5, 5.41) is 3.36. The average Bonchev–Trinajstić information content (AvgIpc) is 2.38. The lowest BCUT2D eigenvalue weighted by molar-refractivity contribution is 1.09. The van der Waals surface area contributed by atoms with Crippen molar-refractivity contribution in [1.82, 2.24) is 4.98 Å². The third-order valence-corrected chi connectivity index (χ3v) is 3.57. The first-order valence-electron chi connectivity index (χ1n) is 5.80. The van der Waals surface area contributed by atoms with Gasteiger partial charge in [0.1, 0.15) is 4.99 Å². The number of hydrogen-bond donors (Lipinski definition) is 2. The fourth-order valence-electron chi connectivity index (χ4n) is 1.77. The fourth-order valence-corrected chi connectivity index (χ4v) is 2.30. The molecule has 0 amide bonds. The molecule has 0 fully saturated rings. The number of halogens is 1. The Labute approximate surface area is 126 Å². The van der Waals surface area contributed by atoms with Gasteiger partial charge in [0, 0.05) is 34.7 Å². The van der Waals surface area contributed by atoms with Gasteiger partial charge in [0.25, 0.3) is 0 Å². The highest BCUT2D eigenvalue weighted by Gasteiger charge is 2.06. The summed E-state index contributed by atoms with van der Waals surface area (Å²) in [5.74, 6) is 0. The van der Waals surface area contributed by atoms with Crippen LogP contribution in [0.2, 0.25) is 0 Å². The van der Waals surface area contributed by atoms with Gasteiger partial charge in [0.15, 0.2) is 0 Å².